The molecule has 0 saturated heterocycles. The Morgan fingerprint density at radius 2 is 1.74 bits per heavy atom. The molecule has 0 spiro atoms. The summed E-state index contributed by atoms with van der Waals surface area (Å²) in [6, 6.07) is 14.8. The van der Waals surface area contributed by atoms with Crippen molar-refractivity contribution in [3.8, 4) is 11.5 Å². The fourth-order valence-electron chi connectivity index (χ4n) is 4.37. The molecule has 0 fully saturated rings. The first kappa shape index (κ1) is 28.0. The number of aliphatic hydroxyl groups is 1. The molecule has 0 saturated carbocycles. The van der Waals surface area contributed by atoms with Crippen LogP contribution >= 0.6 is 0 Å². The van der Waals surface area contributed by atoms with Crippen LogP contribution in [0.2, 0.25) is 0 Å². The van der Waals surface area contributed by atoms with Crippen LogP contribution in [-0.2, 0) is 31.2 Å². The predicted octanol–water partition coefficient (Wildman–Crippen LogP) is 3.37. The van der Waals surface area contributed by atoms with Gasteiger partial charge in [0, 0.05) is 32.2 Å². The van der Waals surface area contributed by atoms with Crippen molar-refractivity contribution >= 4 is 11.7 Å². The zero-order valence-corrected chi connectivity index (χ0v) is 21.2. The van der Waals surface area contributed by atoms with Crippen LogP contribution < -0.4 is 20.7 Å². The van der Waals surface area contributed by atoms with E-state index < -0.39 is 23.4 Å². The van der Waals surface area contributed by atoms with Gasteiger partial charge < -0.3 is 19.3 Å². The molecule has 0 bridgehead atoms. The number of alkyl halides is 3. The van der Waals surface area contributed by atoms with E-state index in [1.165, 1.54) is 29.8 Å². The maximum absolute atomic E-state index is 13.2. The number of fused-ring (bicyclic) bond motifs is 1. The van der Waals surface area contributed by atoms with Gasteiger partial charge >= 0.3 is 12.1 Å². The van der Waals surface area contributed by atoms with E-state index in [2.05, 4.69) is 9.73 Å². The third kappa shape index (κ3) is 7.08. The fraction of sp³-hybridized carbons (Fsp3) is 0.370. The minimum Gasteiger partial charge on any atom is -0.490 e. The minimum atomic E-state index is -4.81. The number of rotatable bonds is 10. The Morgan fingerprint density at radius 3 is 2.46 bits per heavy atom. The molecule has 9 nitrogen and oxygen atoms in total. The van der Waals surface area contributed by atoms with E-state index in [-0.39, 0.29) is 56.7 Å². The van der Waals surface area contributed by atoms with Crippen LogP contribution in [0.1, 0.15) is 17.5 Å². The molecular weight excluding hydrogens is 519 g/mol. The van der Waals surface area contributed by atoms with E-state index in [1.807, 2.05) is 30.3 Å². The van der Waals surface area contributed by atoms with Crippen molar-refractivity contribution in [3.63, 3.8) is 0 Å². The van der Waals surface area contributed by atoms with Crippen molar-refractivity contribution in [3.05, 3.63) is 86.6 Å². The highest BCUT2D eigenvalue weighted by molar-refractivity contribution is 5.84. The lowest BCUT2D eigenvalue weighted by atomic mass is 9.91. The van der Waals surface area contributed by atoms with E-state index in [0.29, 0.717) is 17.9 Å². The van der Waals surface area contributed by atoms with Crippen molar-refractivity contribution in [1.82, 2.24) is 9.13 Å². The third-order valence-electron chi connectivity index (χ3n) is 6.13. The number of aromatic nitrogens is 2. The molecule has 2 aromatic carbocycles. The number of nitrogens with zero attached hydrogens (tertiary/aromatic N) is 3. The van der Waals surface area contributed by atoms with Gasteiger partial charge in [0.1, 0.15) is 30.5 Å². The van der Waals surface area contributed by atoms with E-state index in [4.69, 9.17) is 14.6 Å². The summed E-state index contributed by atoms with van der Waals surface area (Å²) in [6.45, 7) is -0.0359. The topological polar surface area (TPSA) is 104 Å². The molecule has 1 N–H and O–H groups in total. The molecule has 4 rings (SSSR count). The number of benzene rings is 2. The van der Waals surface area contributed by atoms with Gasteiger partial charge in [-0.2, -0.15) is 4.99 Å². The van der Waals surface area contributed by atoms with Gasteiger partial charge in [0.2, 0.25) is 0 Å². The molecule has 0 aliphatic carbocycles. The Kier molecular flexibility index (Phi) is 8.75. The van der Waals surface area contributed by atoms with Gasteiger partial charge in [-0.15, -0.1) is 13.2 Å². The fourth-order valence-corrected chi connectivity index (χ4v) is 4.37. The summed E-state index contributed by atoms with van der Waals surface area (Å²) in [5.74, 6) is -0.000359. The van der Waals surface area contributed by atoms with Crippen LogP contribution in [-0.4, -0.2) is 46.3 Å². The smallest absolute Gasteiger partial charge is 0.490 e. The molecule has 2 heterocycles. The minimum absolute atomic E-state index is 0.00108. The van der Waals surface area contributed by atoms with Crippen LogP contribution in [0, 0.1) is 5.92 Å². The molecule has 1 aliphatic heterocycles. The monoisotopic (exact) mass is 547 g/mol. The number of aliphatic hydroxyl groups excluding tert-OH is 1. The highest BCUT2D eigenvalue weighted by atomic mass is 19.4. The summed E-state index contributed by atoms with van der Waals surface area (Å²) in [7, 11) is 1.52. The Morgan fingerprint density at radius 1 is 1.03 bits per heavy atom. The molecule has 1 aliphatic rings. The zero-order chi connectivity index (χ0) is 28.0. The molecule has 208 valence electrons. The lowest BCUT2D eigenvalue weighted by Crippen LogP contribution is -2.43. The molecule has 0 radical (unpaired) electrons. The van der Waals surface area contributed by atoms with Gasteiger partial charge in [-0.1, -0.05) is 36.4 Å². The van der Waals surface area contributed by atoms with Crippen LogP contribution in [0.3, 0.4) is 0 Å². The molecule has 1 unspecified atom stereocenters. The Bertz CT molecular complexity index is 1430. The van der Waals surface area contributed by atoms with Gasteiger partial charge in [-0.25, -0.2) is 4.79 Å². The number of halogens is 3. The Balaban J connectivity index is 1.54. The molecule has 3 aromatic rings. The van der Waals surface area contributed by atoms with Gasteiger partial charge in [-0.05, 0) is 37.0 Å². The summed E-state index contributed by atoms with van der Waals surface area (Å²) >= 11 is 0. The first-order valence-corrected chi connectivity index (χ1v) is 12.3. The average Bonchev–Trinajstić information content (AvgIpc) is 2.90. The maximum atomic E-state index is 13.2. The largest absolute Gasteiger partial charge is 0.573 e. The van der Waals surface area contributed by atoms with Crippen LogP contribution in [0.25, 0.3) is 0 Å². The SMILES string of the molecule is Cn1c2c(c(=O)n(CCCO)c1=O)CC(Cc1ccccc1)C(OCCOc1cccc(OC(F)(F)F)c1)=N2. The molecule has 0 amide bonds. The second-order valence-electron chi connectivity index (χ2n) is 8.94. The van der Waals surface area contributed by atoms with Gasteiger partial charge in [0.25, 0.3) is 5.56 Å². The number of ether oxygens (including phenoxy) is 3. The number of hydrogen-bond donors (Lipinski definition) is 1. The highest BCUT2D eigenvalue weighted by Gasteiger charge is 2.32. The van der Waals surface area contributed by atoms with Crippen molar-refractivity contribution in [1.29, 1.82) is 0 Å². The van der Waals surface area contributed by atoms with Gasteiger partial charge in [0.15, 0.2) is 5.90 Å². The lowest BCUT2D eigenvalue weighted by Gasteiger charge is -2.26. The Hall–Kier alpha value is -4.06. The Labute approximate surface area is 221 Å². The lowest BCUT2D eigenvalue weighted by molar-refractivity contribution is -0.274. The van der Waals surface area contributed by atoms with Gasteiger partial charge in [-0.3, -0.25) is 13.9 Å². The van der Waals surface area contributed by atoms with E-state index >= 15 is 0 Å². The quantitative estimate of drug-likeness (QED) is 0.391. The first-order chi connectivity index (χ1) is 18.7. The summed E-state index contributed by atoms with van der Waals surface area (Å²) in [5, 5.41) is 9.17. The molecule has 12 heteroatoms. The third-order valence-corrected chi connectivity index (χ3v) is 6.13. The predicted molar refractivity (Wildman–Crippen MR) is 137 cm³/mol. The average molecular weight is 548 g/mol. The van der Waals surface area contributed by atoms with Crippen molar-refractivity contribution in [2.24, 2.45) is 18.0 Å². The van der Waals surface area contributed by atoms with Crippen molar-refractivity contribution in [2.45, 2.75) is 32.2 Å². The maximum Gasteiger partial charge on any atom is 0.573 e. The second-order valence-corrected chi connectivity index (χ2v) is 8.94. The summed E-state index contributed by atoms with van der Waals surface area (Å²) in [4.78, 5) is 30.6. The highest BCUT2D eigenvalue weighted by Crippen LogP contribution is 2.28. The zero-order valence-electron chi connectivity index (χ0n) is 21.2. The van der Waals surface area contributed by atoms with Gasteiger partial charge in [0.05, 0.1) is 5.56 Å². The summed E-state index contributed by atoms with van der Waals surface area (Å²) in [5.41, 5.74) is 0.416. The summed E-state index contributed by atoms with van der Waals surface area (Å²) in [6.07, 6.45) is -3.74. The van der Waals surface area contributed by atoms with E-state index in [1.54, 1.807) is 0 Å². The molecule has 1 atom stereocenters. The molecular formula is C27H28F3N3O6. The normalized spacial score (nSPS) is 14.9. The van der Waals surface area contributed by atoms with Crippen molar-refractivity contribution in [2.75, 3.05) is 19.8 Å². The van der Waals surface area contributed by atoms with Crippen LogP contribution in [0.15, 0.2) is 69.2 Å². The second kappa shape index (κ2) is 12.2. The van der Waals surface area contributed by atoms with E-state index in [0.717, 1.165) is 16.2 Å². The van der Waals surface area contributed by atoms with Crippen LogP contribution in [0.4, 0.5) is 19.0 Å². The number of hydrogen-bond acceptors (Lipinski definition) is 7. The molecule has 1 aromatic heterocycles. The number of aliphatic imine (C=N–C) groups is 1. The van der Waals surface area contributed by atoms with Crippen molar-refractivity contribution < 1.29 is 32.5 Å². The summed E-state index contributed by atoms with van der Waals surface area (Å²) < 4.78 is 55.3. The van der Waals surface area contributed by atoms with Crippen LogP contribution in [0.5, 0.6) is 11.5 Å². The first-order valence-electron chi connectivity index (χ1n) is 12.3. The molecule has 39 heavy (non-hydrogen) atoms. The van der Waals surface area contributed by atoms with E-state index in [9.17, 15) is 22.8 Å². The standard InChI is InChI=1S/C27H28F3N3O6/c1-32-23-22(25(35)33(26(32)36)11-6-12-34)16-19(15-18-7-3-2-4-8-18)24(31-23)38-14-13-37-20-9-5-10-21(17-20)39-27(28,29)30/h2-5,7-10,17,19,34H,6,11-16H2,1H3.